The predicted molar refractivity (Wildman–Crippen MR) is 64.5 cm³/mol. The van der Waals surface area contributed by atoms with Gasteiger partial charge in [0, 0.05) is 0 Å². The third-order valence-electron chi connectivity index (χ3n) is 2.30. The van der Waals surface area contributed by atoms with Crippen LogP contribution in [0.2, 0.25) is 0 Å². The monoisotopic (exact) mass is 256 g/mol. The van der Waals surface area contributed by atoms with E-state index in [1.807, 2.05) is 0 Å². The van der Waals surface area contributed by atoms with Gasteiger partial charge in [0.1, 0.15) is 10.7 Å². The summed E-state index contributed by atoms with van der Waals surface area (Å²) in [5.41, 5.74) is 0.462. The van der Waals surface area contributed by atoms with E-state index in [1.54, 1.807) is 6.92 Å². The van der Waals surface area contributed by atoms with E-state index in [2.05, 4.69) is 9.97 Å². The van der Waals surface area contributed by atoms with Crippen molar-refractivity contribution in [2.24, 2.45) is 0 Å². The summed E-state index contributed by atoms with van der Waals surface area (Å²) >= 11 is 6.85. The van der Waals surface area contributed by atoms with Crippen molar-refractivity contribution >= 4 is 38.9 Å². The smallest absolute Gasteiger partial charge is 0.259 e. The molecule has 0 saturated heterocycles. The fraction of sp³-hybridized carbons (Fsp3) is 0.300. The molecule has 1 N–H and O–H groups in total. The van der Waals surface area contributed by atoms with Crippen LogP contribution < -0.4 is 5.56 Å². The van der Waals surface area contributed by atoms with Crippen LogP contribution in [0.15, 0.2) is 4.79 Å². The molecule has 0 bridgehead atoms. The van der Waals surface area contributed by atoms with Gasteiger partial charge < -0.3 is 4.98 Å². The number of carbonyl (C=O) groups excluding carboxylic acids is 1. The molecule has 0 fully saturated rings. The molecular weight excluding hydrogens is 248 g/mol. The van der Waals surface area contributed by atoms with Crippen LogP contribution in [0, 0.1) is 6.92 Å². The Bertz CT molecular complexity index is 630. The number of nitrogens with zero attached hydrogens (tertiary/aromatic N) is 1. The summed E-state index contributed by atoms with van der Waals surface area (Å²) in [4.78, 5) is 31.0. The molecule has 0 aromatic carbocycles. The second-order valence-electron chi connectivity index (χ2n) is 3.44. The van der Waals surface area contributed by atoms with E-state index in [0.29, 0.717) is 26.5 Å². The Hall–Kier alpha value is -1.20. The van der Waals surface area contributed by atoms with E-state index < -0.39 is 0 Å². The maximum Gasteiger partial charge on any atom is 0.259 e. The lowest BCUT2D eigenvalue weighted by atomic mass is 10.2. The molecule has 6 heteroatoms. The van der Waals surface area contributed by atoms with Crippen LogP contribution in [0.5, 0.6) is 0 Å². The van der Waals surface area contributed by atoms with Gasteiger partial charge in [-0.05, 0) is 19.4 Å². The Balaban J connectivity index is 2.86. The van der Waals surface area contributed by atoms with E-state index in [9.17, 15) is 9.59 Å². The third kappa shape index (κ3) is 1.66. The van der Waals surface area contributed by atoms with E-state index in [1.165, 1.54) is 18.3 Å². The van der Waals surface area contributed by atoms with Gasteiger partial charge in [0.2, 0.25) is 0 Å². The zero-order valence-electron chi connectivity index (χ0n) is 8.76. The Morgan fingerprint density at radius 2 is 2.25 bits per heavy atom. The number of halogens is 1. The fourth-order valence-electron chi connectivity index (χ4n) is 1.59. The number of rotatable bonds is 2. The standard InChI is InChI=1S/C10H9ClN2O2S/c1-4-7-9(15)12-6(3-11)13-10(7)16-8(4)5(2)14/h3H2,1-2H3,(H,12,13,15). The topological polar surface area (TPSA) is 62.8 Å². The number of nitrogens with one attached hydrogen (secondary N) is 1. The van der Waals surface area contributed by atoms with Crippen molar-refractivity contribution in [3.8, 4) is 0 Å². The Labute approximate surface area is 100 Å². The van der Waals surface area contributed by atoms with Crippen molar-refractivity contribution in [2.75, 3.05) is 0 Å². The Morgan fingerprint density at radius 3 is 2.81 bits per heavy atom. The van der Waals surface area contributed by atoms with Gasteiger partial charge in [0.25, 0.3) is 5.56 Å². The molecule has 0 aliphatic heterocycles. The first-order valence-electron chi connectivity index (χ1n) is 4.63. The molecule has 0 atom stereocenters. The summed E-state index contributed by atoms with van der Waals surface area (Å²) < 4.78 is 0. The molecule has 0 radical (unpaired) electrons. The van der Waals surface area contributed by atoms with Gasteiger partial charge in [-0.15, -0.1) is 22.9 Å². The number of alkyl halides is 1. The van der Waals surface area contributed by atoms with Crippen molar-refractivity contribution in [3.05, 3.63) is 26.6 Å². The molecule has 84 valence electrons. The Morgan fingerprint density at radius 1 is 1.56 bits per heavy atom. The molecule has 0 unspecified atom stereocenters. The van der Waals surface area contributed by atoms with Gasteiger partial charge in [-0.2, -0.15) is 0 Å². The zero-order chi connectivity index (χ0) is 11.9. The van der Waals surface area contributed by atoms with E-state index in [0.717, 1.165) is 0 Å². The van der Waals surface area contributed by atoms with Gasteiger partial charge in [-0.25, -0.2) is 4.98 Å². The van der Waals surface area contributed by atoms with Crippen LogP contribution in [0.4, 0.5) is 0 Å². The molecule has 2 heterocycles. The van der Waals surface area contributed by atoms with E-state index in [-0.39, 0.29) is 17.2 Å². The molecule has 2 aromatic heterocycles. The number of Topliss-reactive ketones (excluding diaryl/α,β-unsaturated/α-hetero) is 1. The lowest BCUT2D eigenvalue weighted by Gasteiger charge is -1.95. The summed E-state index contributed by atoms with van der Waals surface area (Å²) in [5.74, 6) is 0.528. The number of carbonyl (C=O) groups is 1. The zero-order valence-corrected chi connectivity index (χ0v) is 10.3. The molecule has 0 saturated carbocycles. The van der Waals surface area contributed by atoms with E-state index >= 15 is 0 Å². The average Bonchev–Trinajstić information content (AvgIpc) is 2.56. The third-order valence-corrected chi connectivity index (χ3v) is 3.84. The van der Waals surface area contributed by atoms with Crippen molar-refractivity contribution in [3.63, 3.8) is 0 Å². The lowest BCUT2D eigenvalue weighted by molar-refractivity contribution is 0.102. The lowest BCUT2D eigenvalue weighted by Crippen LogP contribution is -2.10. The minimum absolute atomic E-state index is 0.0488. The first-order chi connectivity index (χ1) is 7.54. The first kappa shape index (κ1) is 11.3. The number of ketones is 1. The number of thiophene rings is 1. The highest BCUT2D eigenvalue weighted by atomic mass is 35.5. The summed E-state index contributed by atoms with van der Waals surface area (Å²) in [6.07, 6.45) is 0. The number of H-pyrrole nitrogens is 1. The molecule has 2 rings (SSSR count). The quantitative estimate of drug-likeness (QED) is 0.662. The first-order valence-corrected chi connectivity index (χ1v) is 5.99. The van der Waals surface area contributed by atoms with E-state index in [4.69, 9.17) is 11.6 Å². The molecule has 16 heavy (non-hydrogen) atoms. The molecule has 0 amide bonds. The number of aryl methyl sites for hydroxylation is 1. The van der Waals surface area contributed by atoms with Crippen LogP contribution in [0.25, 0.3) is 10.2 Å². The average molecular weight is 257 g/mol. The van der Waals surface area contributed by atoms with Crippen LogP contribution >= 0.6 is 22.9 Å². The maximum absolute atomic E-state index is 11.8. The largest absolute Gasteiger partial charge is 0.309 e. The fourth-order valence-corrected chi connectivity index (χ4v) is 2.81. The molecule has 0 spiro atoms. The minimum Gasteiger partial charge on any atom is -0.309 e. The van der Waals surface area contributed by atoms with Crippen LogP contribution in [-0.2, 0) is 5.88 Å². The molecule has 2 aromatic rings. The summed E-state index contributed by atoms with van der Waals surface area (Å²) in [7, 11) is 0. The van der Waals surface area contributed by atoms with Gasteiger partial charge in [0.15, 0.2) is 5.78 Å². The van der Waals surface area contributed by atoms with Gasteiger partial charge in [0.05, 0.1) is 16.1 Å². The van der Waals surface area contributed by atoms with Crippen molar-refractivity contribution in [1.82, 2.24) is 9.97 Å². The number of hydrogen-bond acceptors (Lipinski definition) is 4. The van der Waals surface area contributed by atoms with Crippen LogP contribution in [0.1, 0.15) is 28.0 Å². The highest BCUT2D eigenvalue weighted by Gasteiger charge is 2.16. The van der Waals surface area contributed by atoms with Crippen LogP contribution in [0.3, 0.4) is 0 Å². The number of fused-ring (bicyclic) bond motifs is 1. The summed E-state index contributed by atoms with van der Waals surface area (Å²) in [5, 5.41) is 0.490. The second kappa shape index (κ2) is 3.99. The van der Waals surface area contributed by atoms with Gasteiger partial charge in [-0.3, -0.25) is 9.59 Å². The van der Waals surface area contributed by atoms with Crippen molar-refractivity contribution < 1.29 is 4.79 Å². The second-order valence-corrected chi connectivity index (χ2v) is 4.71. The van der Waals surface area contributed by atoms with Crippen molar-refractivity contribution in [1.29, 1.82) is 0 Å². The van der Waals surface area contributed by atoms with Gasteiger partial charge in [-0.1, -0.05) is 0 Å². The molecular formula is C10H9ClN2O2S. The number of aromatic nitrogens is 2. The SMILES string of the molecule is CC(=O)c1sc2nc(CCl)[nH]c(=O)c2c1C. The normalized spacial score (nSPS) is 10.9. The summed E-state index contributed by atoms with van der Waals surface area (Å²) in [6.45, 7) is 3.24. The maximum atomic E-state index is 11.8. The van der Waals surface area contributed by atoms with Crippen LogP contribution in [-0.4, -0.2) is 15.8 Å². The highest BCUT2D eigenvalue weighted by molar-refractivity contribution is 7.20. The highest BCUT2D eigenvalue weighted by Crippen LogP contribution is 2.27. The Kier molecular flexibility index (Phi) is 2.82. The predicted octanol–water partition coefficient (Wildman–Crippen LogP) is 2.23. The molecule has 4 nitrogen and oxygen atoms in total. The minimum atomic E-state index is -0.234. The van der Waals surface area contributed by atoms with Gasteiger partial charge >= 0.3 is 0 Å². The number of hydrogen-bond donors (Lipinski definition) is 1. The number of aromatic amines is 1. The summed E-state index contributed by atoms with van der Waals surface area (Å²) in [6, 6.07) is 0. The molecule has 0 aliphatic rings. The molecule has 0 aliphatic carbocycles. The van der Waals surface area contributed by atoms with Crippen molar-refractivity contribution in [2.45, 2.75) is 19.7 Å².